The van der Waals surface area contributed by atoms with Gasteiger partial charge in [-0.2, -0.15) is 0 Å². The standard InChI is InChI=1S/C8H18N2O/c1-5-8(3,4)11-6(2)7(9)10/h6H,5H2,1-4H3,(H3,9,10). The maximum Gasteiger partial charge on any atom is 0.120 e. The Morgan fingerprint density at radius 3 is 2.36 bits per heavy atom. The third-order valence-electron chi connectivity index (χ3n) is 1.79. The van der Waals surface area contributed by atoms with Gasteiger partial charge < -0.3 is 10.5 Å². The van der Waals surface area contributed by atoms with Crippen molar-refractivity contribution in [3.63, 3.8) is 0 Å². The molecule has 0 spiro atoms. The Kier molecular flexibility index (Phi) is 3.52. The number of rotatable bonds is 4. The lowest BCUT2D eigenvalue weighted by Gasteiger charge is -2.27. The highest BCUT2D eigenvalue weighted by Crippen LogP contribution is 2.15. The summed E-state index contributed by atoms with van der Waals surface area (Å²) in [5.74, 6) is 0.0894. The van der Waals surface area contributed by atoms with Gasteiger partial charge in [-0.3, -0.25) is 5.41 Å². The highest BCUT2D eigenvalue weighted by atomic mass is 16.5. The second-order valence-corrected chi connectivity index (χ2v) is 3.33. The molecule has 1 atom stereocenters. The zero-order chi connectivity index (χ0) is 9.07. The van der Waals surface area contributed by atoms with Gasteiger partial charge in [-0.1, -0.05) is 6.92 Å². The van der Waals surface area contributed by atoms with E-state index in [2.05, 4.69) is 0 Å². The summed E-state index contributed by atoms with van der Waals surface area (Å²) in [5, 5.41) is 7.11. The maximum absolute atomic E-state index is 7.11. The molecule has 0 amide bonds. The second kappa shape index (κ2) is 3.72. The number of ether oxygens (including phenoxy) is 1. The summed E-state index contributed by atoms with van der Waals surface area (Å²) in [6.45, 7) is 7.82. The van der Waals surface area contributed by atoms with Crippen LogP contribution >= 0.6 is 0 Å². The topological polar surface area (TPSA) is 59.1 Å². The van der Waals surface area contributed by atoms with Crippen molar-refractivity contribution in [3.8, 4) is 0 Å². The van der Waals surface area contributed by atoms with E-state index in [1.807, 2.05) is 20.8 Å². The minimum absolute atomic E-state index is 0.0894. The summed E-state index contributed by atoms with van der Waals surface area (Å²) in [6, 6.07) is 0. The van der Waals surface area contributed by atoms with Crippen LogP contribution in [0.3, 0.4) is 0 Å². The Hall–Kier alpha value is -0.570. The number of nitrogens with one attached hydrogen (secondary N) is 1. The third kappa shape index (κ3) is 3.98. The lowest BCUT2D eigenvalue weighted by Crippen LogP contribution is -2.36. The van der Waals surface area contributed by atoms with Gasteiger partial charge in [-0.15, -0.1) is 0 Å². The fourth-order valence-corrected chi connectivity index (χ4v) is 0.625. The first kappa shape index (κ1) is 10.4. The van der Waals surface area contributed by atoms with E-state index in [1.165, 1.54) is 0 Å². The van der Waals surface area contributed by atoms with Crippen molar-refractivity contribution in [2.24, 2.45) is 5.73 Å². The molecule has 0 aromatic carbocycles. The van der Waals surface area contributed by atoms with Crippen molar-refractivity contribution in [1.29, 1.82) is 5.41 Å². The first-order valence-electron chi connectivity index (χ1n) is 3.91. The van der Waals surface area contributed by atoms with E-state index in [9.17, 15) is 0 Å². The zero-order valence-corrected chi connectivity index (χ0v) is 7.77. The zero-order valence-electron chi connectivity index (χ0n) is 7.77. The molecule has 3 N–H and O–H groups in total. The SMILES string of the molecule is CCC(C)(C)OC(C)C(=N)N. The summed E-state index contributed by atoms with van der Waals surface area (Å²) >= 11 is 0. The summed E-state index contributed by atoms with van der Waals surface area (Å²) in [4.78, 5) is 0. The molecule has 0 bridgehead atoms. The predicted octanol–water partition coefficient (Wildman–Crippen LogP) is 1.52. The normalized spacial score (nSPS) is 14.5. The predicted molar refractivity (Wildman–Crippen MR) is 46.8 cm³/mol. The van der Waals surface area contributed by atoms with Crippen LogP contribution in [0.1, 0.15) is 34.1 Å². The van der Waals surface area contributed by atoms with Gasteiger partial charge in [-0.25, -0.2) is 0 Å². The monoisotopic (exact) mass is 158 g/mol. The van der Waals surface area contributed by atoms with Gasteiger partial charge in [0.05, 0.1) is 5.60 Å². The van der Waals surface area contributed by atoms with Gasteiger partial charge >= 0.3 is 0 Å². The van der Waals surface area contributed by atoms with Crippen LogP contribution in [0, 0.1) is 5.41 Å². The van der Waals surface area contributed by atoms with Gasteiger partial charge in [0.1, 0.15) is 11.9 Å². The summed E-state index contributed by atoms with van der Waals surface area (Å²) < 4.78 is 5.50. The Balaban J connectivity index is 3.93. The molecule has 66 valence electrons. The summed E-state index contributed by atoms with van der Waals surface area (Å²) in [5.41, 5.74) is 5.08. The van der Waals surface area contributed by atoms with Crippen LogP contribution in [0.4, 0.5) is 0 Å². The van der Waals surface area contributed by atoms with Crippen molar-refractivity contribution in [2.75, 3.05) is 0 Å². The molecule has 0 aromatic rings. The quantitative estimate of drug-likeness (QED) is 0.481. The first-order chi connectivity index (χ1) is 4.89. The second-order valence-electron chi connectivity index (χ2n) is 3.33. The summed E-state index contributed by atoms with van der Waals surface area (Å²) in [6.07, 6.45) is 0.648. The van der Waals surface area contributed by atoms with Gasteiger partial charge in [-0.05, 0) is 27.2 Å². The van der Waals surface area contributed by atoms with Crippen molar-refractivity contribution >= 4 is 5.84 Å². The van der Waals surface area contributed by atoms with E-state index in [1.54, 1.807) is 6.92 Å². The van der Waals surface area contributed by atoms with E-state index in [4.69, 9.17) is 15.9 Å². The van der Waals surface area contributed by atoms with Gasteiger partial charge in [0.15, 0.2) is 0 Å². The number of hydrogen-bond acceptors (Lipinski definition) is 2. The molecular weight excluding hydrogens is 140 g/mol. The Morgan fingerprint density at radius 1 is 1.64 bits per heavy atom. The molecule has 0 saturated heterocycles. The first-order valence-corrected chi connectivity index (χ1v) is 3.91. The lowest BCUT2D eigenvalue weighted by molar-refractivity contribution is -0.0382. The molecule has 0 aliphatic heterocycles. The molecular formula is C8H18N2O. The van der Waals surface area contributed by atoms with Crippen molar-refractivity contribution in [2.45, 2.75) is 45.8 Å². The van der Waals surface area contributed by atoms with E-state index in [-0.39, 0.29) is 17.5 Å². The molecule has 1 unspecified atom stereocenters. The molecule has 0 heterocycles. The van der Waals surface area contributed by atoms with Crippen LogP contribution in [-0.4, -0.2) is 17.5 Å². The fourth-order valence-electron chi connectivity index (χ4n) is 0.625. The Morgan fingerprint density at radius 2 is 2.09 bits per heavy atom. The fraction of sp³-hybridized carbons (Fsp3) is 0.875. The lowest BCUT2D eigenvalue weighted by atomic mass is 10.1. The molecule has 0 radical (unpaired) electrons. The van der Waals surface area contributed by atoms with E-state index < -0.39 is 0 Å². The highest BCUT2D eigenvalue weighted by Gasteiger charge is 2.20. The molecule has 11 heavy (non-hydrogen) atoms. The number of amidine groups is 1. The average molecular weight is 158 g/mol. The summed E-state index contributed by atoms with van der Waals surface area (Å²) in [7, 11) is 0. The molecule has 0 aliphatic carbocycles. The molecule has 3 nitrogen and oxygen atoms in total. The minimum atomic E-state index is -0.273. The smallest absolute Gasteiger partial charge is 0.120 e. The highest BCUT2D eigenvalue weighted by molar-refractivity contribution is 5.81. The molecule has 0 fully saturated rings. The third-order valence-corrected chi connectivity index (χ3v) is 1.79. The largest absolute Gasteiger partial charge is 0.385 e. The van der Waals surface area contributed by atoms with E-state index >= 15 is 0 Å². The van der Waals surface area contributed by atoms with Crippen LogP contribution in [0.15, 0.2) is 0 Å². The van der Waals surface area contributed by atoms with Crippen LogP contribution in [0.5, 0.6) is 0 Å². The molecule has 0 aliphatic rings. The van der Waals surface area contributed by atoms with Crippen molar-refractivity contribution in [1.82, 2.24) is 0 Å². The van der Waals surface area contributed by atoms with Crippen LogP contribution < -0.4 is 5.73 Å². The van der Waals surface area contributed by atoms with E-state index in [0.717, 1.165) is 6.42 Å². The average Bonchev–Trinajstić information content (AvgIpc) is 1.87. The van der Waals surface area contributed by atoms with Gasteiger partial charge in [0, 0.05) is 0 Å². The molecule has 0 aromatic heterocycles. The van der Waals surface area contributed by atoms with Crippen LogP contribution in [0.25, 0.3) is 0 Å². The van der Waals surface area contributed by atoms with Crippen molar-refractivity contribution in [3.05, 3.63) is 0 Å². The Bertz CT molecular complexity index is 143. The number of hydrogen-bond donors (Lipinski definition) is 2. The van der Waals surface area contributed by atoms with Crippen LogP contribution in [-0.2, 0) is 4.74 Å². The maximum atomic E-state index is 7.11. The molecule has 0 rings (SSSR count). The van der Waals surface area contributed by atoms with Crippen LogP contribution in [0.2, 0.25) is 0 Å². The van der Waals surface area contributed by atoms with Gasteiger partial charge in [0.25, 0.3) is 0 Å². The number of nitrogens with two attached hydrogens (primary N) is 1. The minimum Gasteiger partial charge on any atom is -0.385 e. The Labute approximate surface area is 68.4 Å². The molecule has 3 heteroatoms. The van der Waals surface area contributed by atoms with E-state index in [0.29, 0.717) is 0 Å². The molecule has 0 saturated carbocycles. The van der Waals surface area contributed by atoms with Gasteiger partial charge in [0.2, 0.25) is 0 Å². The van der Waals surface area contributed by atoms with Crippen molar-refractivity contribution < 1.29 is 4.74 Å².